The predicted octanol–water partition coefficient (Wildman–Crippen LogP) is 2.10. The number of amides is 1. The van der Waals surface area contributed by atoms with E-state index in [1.807, 2.05) is 23.1 Å². The molecule has 0 bridgehead atoms. The van der Waals surface area contributed by atoms with Gasteiger partial charge in [0.05, 0.1) is 6.20 Å². The molecule has 0 radical (unpaired) electrons. The van der Waals surface area contributed by atoms with Crippen LogP contribution >= 0.6 is 0 Å². The minimum absolute atomic E-state index is 0.0429. The molecule has 23 heavy (non-hydrogen) atoms. The van der Waals surface area contributed by atoms with Crippen molar-refractivity contribution in [1.82, 2.24) is 14.9 Å². The number of carbonyl (C=O) groups is 1. The van der Waals surface area contributed by atoms with Crippen molar-refractivity contribution in [2.75, 3.05) is 19.6 Å². The number of benzene rings is 1. The molecule has 0 unspecified atom stereocenters. The molecule has 0 spiro atoms. The number of nitrogens with zero attached hydrogens (tertiary/aromatic N) is 2. The molecule has 1 amide bonds. The maximum absolute atomic E-state index is 12.8. The second-order valence-electron chi connectivity index (χ2n) is 6.68. The molecule has 2 fully saturated rings. The fourth-order valence-corrected chi connectivity index (χ4v) is 3.53. The van der Waals surface area contributed by atoms with E-state index in [9.17, 15) is 4.79 Å². The molecule has 2 atom stereocenters. The molecule has 1 aromatic carbocycles. The average Bonchev–Trinajstić information content (AvgIpc) is 3.17. The molecule has 2 aromatic rings. The molecule has 2 heterocycles. The molecule has 4 rings (SSSR count). The van der Waals surface area contributed by atoms with Gasteiger partial charge in [0.2, 0.25) is 0 Å². The number of hydrogen-bond donors (Lipinski definition) is 2. The summed E-state index contributed by atoms with van der Waals surface area (Å²) in [6, 6.07) is 10.4. The molecular formula is C18H22N4O. The Balaban J connectivity index is 1.51. The van der Waals surface area contributed by atoms with E-state index in [2.05, 4.69) is 22.1 Å². The third-order valence-electron chi connectivity index (χ3n) is 5.05. The van der Waals surface area contributed by atoms with Gasteiger partial charge in [-0.25, -0.2) is 4.98 Å². The lowest BCUT2D eigenvalue weighted by atomic mass is 9.89. The van der Waals surface area contributed by atoms with Gasteiger partial charge in [-0.15, -0.1) is 0 Å². The van der Waals surface area contributed by atoms with E-state index in [0.717, 1.165) is 12.4 Å². The first kappa shape index (κ1) is 14.5. The van der Waals surface area contributed by atoms with Crippen LogP contribution in [0.2, 0.25) is 0 Å². The summed E-state index contributed by atoms with van der Waals surface area (Å²) in [6.07, 6.45) is 4.04. The Hall–Kier alpha value is -2.14. The van der Waals surface area contributed by atoms with Gasteiger partial charge < -0.3 is 15.6 Å². The average molecular weight is 310 g/mol. The van der Waals surface area contributed by atoms with Crippen molar-refractivity contribution < 1.29 is 4.79 Å². The van der Waals surface area contributed by atoms with Crippen LogP contribution in [0.25, 0.3) is 0 Å². The van der Waals surface area contributed by atoms with Crippen molar-refractivity contribution in [2.24, 2.45) is 11.7 Å². The lowest BCUT2D eigenvalue weighted by Gasteiger charge is -2.16. The summed E-state index contributed by atoms with van der Waals surface area (Å²) in [6.45, 7) is 2.04. The minimum Gasteiger partial charge on any atom is -0.338 e. The number of aromatic nitrogens is 2. The van der Waals surface area contributed by atoms with Crippen LogP contribution in [0.4, 0.5) is 0 Å². The number of carbonyl (C=O) groups excluding carboxylic acids is 1. The van der Waals surface area contributed by atoms with E-state index >= 15 is 0 Å². The summed E-state index contributed by atoms with van der Waals surface area (Å²) < 4.78 is 0. The van der Waals surface area contributed by atoms with Gasteiger partial charge in [0, 0.05) is 24.9 Å². The molecule has 1 aliphatic heterocycles. The number of nitrogens with one attached hydrogen (secondary N) is 1. The number of imidazole rings is 1. The van der Waals surface area contributed by atoms with E-state index < -0.39 is 0 Å². The maximum atomic E-state index is 12.8. The van der Waals surface area contributed by atoms with E-state index in [-0.39, 0.29) is 5.91 Å². The SMILES string of the molecule is NC[C@@H]1CN(C(=O)c2cnc(C3CC3)[nH]2)C[C@H]1c1ccccc1. The Morgan fingerprint density at radius 2 is 2.04 bits per heavy atom. The predicted molar refractivity (Wildman–Crippen MR) is 88.2 cm³/mol. The van der Waals surface area contributed by atoms with Crippen LogP contribution in [-0.2, 0) is 0 Å². The van der Waals surface area contributed by atoms with Gasteiger partial charge in [-0.05, 0) is 30.9 Å². The topological polar surface area (TPSA) is 75.0 Å². The van der Waals surface area contributed by atoms with E-state index in [4.69, 9.17) is 5.73 Å². The summed E-state index contributed by atoms with van der Waals surface area (Å²) in [5, 5.41) is 0. The van der Waals surface area contributed by atoms with Crippen molar-refractivity contribution in [3.8, 4) is 0 Å². The Labute approximate surface area is 135 Å². The number of likely N-dealkylation sites (tertiary alicyclic amines) is 1. The molecule has 1 saturated carbocycles. The van der Waals surface area contributed by atoms with Crippen LogP contribution in [-0.4, -0.2) is 40.4 Å². The Bertz CT molecular complexity index is 692. The van der Waals surface area contributed by atoms with Crippen LogP contribution in [0.5, 0.6) is 0 Å². The molecule has 120 valence electrons. The van der Waals surface area contributed by atoms with Crippen LogP contribution in [0, 0.1) is 5.92 Å². The standard InChI is InChI=1S/C18H22N4O/c19-8-14-10-22(11-15(14)12-4-2-1-3-5-12)18(23)16-9-20-17(21-16)13-6-7-13/h1-5,9,13-15H,6-8,10-11,19H2,(H,20,21)/t14-,15+/m1/s1. The first-order valence-electron chi connectivity index (χ1n) is 8.35. The van der Waals surface area contributed by atoms with Crippen molar-refractivity contribution >= 4 is 5.91 Å². The highest BCUT2D eigenvalue weighted by atomic mass is 16.2. The normalized spacial score (nSPS) is 24.1. The van der Waals surface area contributed by atoms with Gasteiger partial charge in [-0.3, -0.25) is 4.79 Å². The number of aromatic amines is 1. The first-order chi connectivity index (χ1) is 11.3. The molecule has 1 saturated heterocycles. The second-order valence-corrected chi connectivity index (χ2v) is 6.68. The van der Waals surface area contributed by atoms with Gasteiger partial charge in [0.1, 0.15) is 11.5 Å². The zero-order valence-corrected chi connectivity index (χ0v) is 13.1. The smallest absolute Gasteiger partial charge is 0.271 e. The highest BCUT2D eigenvalue weighted by molar-refractivity contribution is 5.92. The fourth-order valence-electron chi connectivity index (χ4n) is 3.53. The number of hydrogen-bond acceptors (Lipinski definition) is 3. The van der Waals surface area contributed by atoms with Gasteiger partial charge in [-0.2, -0.15) is 0 Å². The third-order valence-corrected chi connectivity index (χ3v) is 5.05. The highest BCUT2D eigenvalue weighted by Gasteiger charge is 2.36. The Kier molecular flexibility index (Phi) is 3.65. The summed E-state index contributed by atoms with van der Waals surface area (Å²) in [4.78, 5) is 22.2. The van der Waals surface area contributed by atoms with Crippen LogP contribution in [0.3, 0.4) is 0 Å². The fraction of sp³-hybridized carbons (Fsp3) is 0.444. The van der Waals surface area contributed by atoms with Crippen molar-refractivity contribution in [3.63, 3.8) is 0 Å². The van der Waals surface area contributed by atoms with Gasteiger partial charge in [-0.1, -0.05) is 30.3 Å². The van der Waals surface area contributed by atoms with E-state index in [1.54, 1.807) is 6.20 Å². The van der Waals surface area contributed by atoms with E-state index in [1.165, 1.54) is 18.4 Å². The lowest BCUT2D eigenvalue weighted by Crippen LogP contribution is -2.30. The van der Waals surface area contributed by atoms with Crippen molar-refractivity contribution in [2.45, 2.75) is 24.7 Å². The molecule has 3 N–H and O–H groups in total. The summed E-state index contributed by atoms with van der Waals surface area (Å²) in [5.41, 5.74) is 7.83. The van der Waals surface area contributed by atoms with Crippen molar-refractivity contribution in [1.29, 1.82) is 0 Å². The van der Waals surface area contributed by atoms with Crippen LogP contribution in [0.1, 0.15) is 46.6 Å². The number of nitrogens with two attached hydrogens (primary N) is 1. The zero-order chi connectivity index (χ0) is 15.8. The number of rotatable bonds is 4. The summed E-state index contributed by atoms with van der Waals surface area (Å²) in [5.74, 6) is 2.16. The highest BCUT2D eigenvalue weighted by Crippen LogP contribution is 2.38. The minimum atomic E-state index is 0.0429. The molecule has 2 aliphatic rings. The summed E-state index contributed by atoms with van der Waals surface area (Å²) >= 11 is 0. The van der Waals surface area contributed by atoms with E-state index in [0.29, 0.717) is 36.5 Å². The number of H-pyrrole nitrogens is 1. The van der Waals surface area contributed by atoms with Gasteiger partial charge in [0.25, 0.3) is 5.91 Å². The monoisotopic (exact) mass is 310 g/mol. The Morgan fingerprint density at radius 1 is 1.26 bits per heavy atom. The van der Waals surface area contributed by atoms with Gasteiger partial charge in [0.15, 0.2) is 0 Å². The quantitative estimate of drug-likeness (QED) is 0.908. The second kappa shape index (κ2) is 5.81. The maximum Gasteiger partial charge on any atom is 0.271 e. The van der Waals surface area contributed by atoms with Crippen molar-refractivity contribution in [3.05, 3.63) is 53.6 Å². The molecule has 1 aliphatic carbocycles. The largest absolute Gasteiger partial charge is 0.338 e. The third kappa shape index (κ3) is 2.77. The molecule has 5 heteroatoms. The first-order valence-corrected chi connectivity index (χ1v) is 8.35. The van der Waals surface area contributed by atoms with Crippen LogP contribution in [0.15, 0.2) is 36.5 Å². The molecule has 5 nitrogen and oxygen atoms in total. The van der Waals surface area contributed by atoms with Crippen LogP contribution < -0.4 is 5.73 Å². The lowest BCUT2D eigenvalue weighted by molar-refractivity contribution is 0.0781. The molecule has 1 aromatic heterocycles. The summed E-state index contributed by atoms with van der Waals surface area (Å²) in [7, 11) is 0. The molecular weight excluding hydrogens is 288 g/mol. The van der Waals surface area contributed by atoms with Gasteiger partial charge >= 0.3 is 0 Å². The zero-order valence-electron chi connectivity index (χ0n) is 13.1. The Morgan fingerprint density at radius 3 is 2.74 bits per heavy atom.